The molecule has 0 amide bonds. The highest BCUT2D eigenvalue weighted by Gasteiger charge is 2.47. The van der Waals surface area contributed by atoms with Crippen molar-refractivity contribution >= 4 is 42.9 Å². The summed E-state index contributed by atoms with van der Waals surface area (Å²) in [7, 11) is 0. The van der Waals surface area contributed by atoms with Crippen molar-refractivity contribution in [1.29, 1.82) is 0 Å². The summed E-state index contributed by atoms with van der Waals surface area (Å²) in [5.74, 6) is 0. The molecule has 1 aromatic heterocycles. The lowest BCUT2D eigenvalue weighted by Gasteiger charge is -2.35. The molecule has 0 saturated carbocycles. The van der Waals surface area contributed by atoms with Crippen LogP contribution >= 0.6 is 11.3 Å². The van der Waals surface area contributed by atoms with Gasteiger partial charge in [0.05, 0.1) is 15.8 Å². The van der Waals surface area contributed by atoms with Crippen LogP contribution in [0.15, 0.2) is 146 Å². The molecule has 2 heteroatoms. The molecule has 1 heterocycles. The summed E-state index contributed by atoms with van der Waals surface area (Å²) in [6.45, 7) is 0. The van der Waals surface area contributed by atoms with Gasteiger partial charge < -0.3 is 5.32 Å². The van der Waals surface area contributed by atoms with E-state index in [1.165, 1.54) is 53.6 Å². The number of fused-ring (bicyclic) bond motifs is 6. The Hall–Kier alpha value is -4.66. The van der Waals surface area contributed by atoms with E-state index in [2.05, 4.69) is 151 Å². The van der Waals surface area contributed by atoms with Gasteiger partial charge in [-0.3, -0.25) is 0 Å². The molecule has 1 aliphatic carbocycles. The average Bonchev–Trinajstić information content (AvgIpc) is 3.54. The second-order valence-corrected chi connectivity index (χ2v) is 11.2. The van der Waals surface area contributed by atoms with Crippen LogP contribution in [0.5, 0.6) is 0 Å². The van der Waals surface area contributed by atoms with Crippen molar-refractivity contribution in [3.8, 4) is 11.1 Å². The number of hydrogen-bond donors (Lipinski definition) is 1. The fourth-order valence-electron chi connectivity index (χ4n) is 6.60. The van der Waals surface area contributed by atoms with Crippen LogP contribution in [0, 0.1) is 0 Å². The van der Waals surface area contributed by atoms with Crippen LogP contribution in [0.4, 0.5) is 11.4 Å². The standard InChI is InChI=1S/C37H25NS/c1-3-13-25(14-4-1)37(26-15-5-2-6-16-26)31-21-9-7-17-27(31)29-19-11-22-32(35(29)37)38-33-23-12-20-30-28-18-8-10-24-34(28)39-36(30)33/h1-24,38H. The van der Waals surface area contributed by atoms with E-state index in [1.807, 2.05) is 11.3 Å². The van der Waals surface area contributed by atoms with E-state index in [9.17, 15) is 0 Å². The molecule has 8 rings (SSSR count). The molecule has 7 aromatic rings. The maximum atomic E-state index is 3.95. The van der Waals surface area contributed by atoms with Crippen molar-refractivity contribution in [2.24, 2.45) is 0 Å². The summed E-state index contributed by atoms with van der Waals surface area (Å²) in [5, 5.41) is 6.56. The van der Waals surface area contributed by atoms with Gasteiger partial charge in [-0.05, 0) is 46.0 Å². The lowest BCUT2D eigenvalue weighted by molar-refractivity contribution is 0.770. The van der Waals surface area contributed by atoms with Crippen LogP contribution in [-0.4, -0.2) is 0 Å². The van der Waals surface area contributed by atoms with E-state index in [0.29, 0.717) is 0 Å². The molecular weight excluding hydrogens is 490 g/mol. The zero-order chi connectivity index (χ0) is 25.8. The van der Waals surface area contributed by atoms with Crippen molar-refractivity contribution in [3.63, 3.8) is 0 Å². The summed E-state index contributed by atoms with van der Waals surface area (Å²) in [4.78, 5) is 0. The first-order valence-corrected chi connectivity index (χ1v) is 14.2. The Bertz CT molecular complexity index is 1950. The summed E-state index contributed by atoms with van der Waals surface area (Å²) in [5.41, 5.74) is 9.61. The maximum Gasteiger partial charge on any atom is 0.0733 e. The van der Waals surface area contributed by atoms with Crippen molar-refractivity contribution in [2.75, 3.05) is 5.32 Å². The number of nitrogens with one attached hydrogen (secondary N) is 1. The molecule has 1 N–H and O–H groups in total. The van der Waals surface area contributed by atoms with Gasteiger partial charge in [0.25, 0.3) is 0 Å². The predicted octanol–water partition coefficient (Wildman–Crippen LogP) is 10.2. The highest BCUT2D eigenvalue weighted by atomic mass is 32.1. The SMILES string of the molecule is c1ccc(C2(c3ccccc3)c3ccccc3-c3cccc(Nc4cccc5c4sc4ccccc45)c32)cc1. The van der Waals surface area contributed by atoms with Crippen molar-refractivity contribution in [2.45, 2.75) is 5.41 Å². The molecule has 184 valence electrons. The van der Waals surface area contributed by atoms with Crippen molar-refractivity contribution < 1.29 is 0 Å². The van der Waals surface area contributed by atoms with Gasteiger partial charge in [-0.25, -0.2) is 0 Å². The fraction of sp³-hybridized carbons (Fsp3) is 0.0270. The van der Waals surface area contributed by atoms with Crippen LogP contribution < -0.4 is 5.32 Å². The Labute approximate surface area is 232 Å². The molecule has 1 nitrogen and oxygen atoms in total. The number of hydrogen-bond acceptors (Lipinski definition) is 2. The predicted molar refractivity (Wildman–Crippen MR) is 166 cm³/mol. The Morgan fingerprint density at radius 2 is 1.05 bits per heavy atom. The third kappa shape index (κ3) is 3.19. The lowest BCUT2D eigenvalue weighted by Crippen LogP contribution is -2.29. The minimum absolute atomic E-state index is 0.438. The molecule has 0 bridgehead atoms. The summed E-state index contributed by atoms with van der Waals surface area (Å²) in [6.07, 6.45) is 0. The zero-order valence-electron chi connectivity index (χ0n) is 21.3. The smallest absolute Gasteiger partial charge is 0.0733 e. The molecule has 0 radical (unpaired) electrons. The highest BCUT2D eigenvalue weighted by Crippen LogP contribution is 2.58. The number of thiophene rings is 1. The average molecular weight is 516 g/mol. The van der Waals surface area contributed by atoms with Crippen LogP contribution in [0.2, 0.25) is 0 Å². The molecule has 0 unspecified atom stereocenters. The molecule has 0 fully saturated rings. The Morgan fingerprint density at radius 3 is 1.85 bits per heavy atom. The van der Waals surface area contributed by atoms with Gasteiger partial charge in [0.2, 0.25) is 0 Å². The first-order chi connectivity index (χ1) is 19.4. The Morgan fingerprint density at radius 1 is 0.462 bits per heavy atom. The number of rotatable bonds is 4. The van der Waals surface area contributed by atoms with E-state index in [4.69, 9.17) is 0 Å². The maximum absolute atomic E-state index is 3.95. The first-order valence-electron chi connectivity index (χ1n) is 13.4. The lowest BCUT2D eigenvalue weighted by atomic mass is 9.67. The van der Waals surface area contributed by atoms with E-state index < -0.39 is 5.41 Å². The monoisotopic (exact) mass is 515 g/mol. The van der Waals surface area contributed by atoms with E-state index >= 15 is 0 Å². The first kappa shape index (κ1) is 22.3. The third-order valence-corrected chi connectivity index (χ3v) is 9.37. The molecule has 0 saturated heterocycles. The van der Waals surface area contributed by atoms with Gasteiger partial charge in [0, 0.05) is 26.7 Å². The van der Waals surface area contributed by atoms with E-state index in [1.54, 1.807) is 0 Å². The van der Waals surface area contributed by atoms with Crippen LogP contribution in [0.25, 0.3) is 31.3 Å². The molecule has 6 aromatic carbocycles. The quantitative estimate of drug-likeness (QED) is 0.246. The minimum Gasteiger partial charge on any atom is -0.354 e. The van der Waals surface area contributed by atoms with Crippen LogP contribution in [0.3, 0.4) is 0 Å². The number of benzene rings is 6. The van der Waals surface area contributed by atoms with Gasteiger partial charge in [-0.2, -0.15) is 0 Å². The van der Waals surface area contributed by atoms with Gasteiger partial charge in [0.15, 0.2) is 0 Å². The molecule has 0 atom stereocenters. The van der Waals surface area contributed by atoms with Gasteiger partial charge >= 0.3 is 0 Å². The normalized spacial score (nSPS) is 13.3. The molecule has 0 spiro atoms. The third-order valence-electron chi connectivity index (χ3n) is 8.15. The minimum atomic E-state index is -0.438. The zero-order valence-corrected chi connectivity index (χ0v) is 22.1. The Balaban J connectivity index is 1.43. The van der Waals surface area contributed by atoms with Crippen molar-refractivity contribution in [3.05, 3.63) is 168 Å². The highest BCUT2D eigenvalue weighted by molar-refractivity contribution is 7.26. The second-order valence-electron chi connectivity index (χ2n) is 10.2. The summed E-state index contributed by atoms with van der Waals surface area (Å²) < 4.78 is 2.60. The van der Waals surface area contributed by atoms with Crippen molar-refractivity contribution in [1.82, 2.24) is 0 Å². The molecular formula is C37H25NS. The number of anilines is 2. The summed E-state index contributed by atoms with van der Waals surface area (Å²) in [6, 6.07) is 52.9. The van der Waals surface area contributed by atoms with Crippen LogP contribution in [-0.2, 0) is 5.41 Å². The van der Waals surface area contributed by atoms with Crippen LogP contribution in [0.1, 0.15) is 22.3 Å². The fourth-order valence-corrected chi connectivity index (χ4v) is 7.77. The van der Waals surface area contributed by atoms with E-state index in [0.717, 1.165) is 11.4 Å². The van der Waals surface area contributed by atoms with Gasteiger partial charge in [-0.1, -0.05) is 127 Å². The molecule has 39 heavy (non-hydrogen) atoms. The second kappa shape index (κ2) is 8.69. The largest absolute Gasteiger partial charge is 0.354 e. The molecule has 0 aliphatic heterocycles. The Kier molecular flexibility index (Phi) is 4.98. The van der Waals surface area contributed by atoms with Gasteiger partial charge in [-0.15, -0.1) is 11.3 Å². The molecule has 1 aliphatic rings. The topological polar surface area (TPSA) is 12.0 Å². The summed E-state index contributed by atoms with van der Waals surface area (Å²) >= 11 is 1.86. The van der Waals surface area contributed by atoms with E-state index in [-0.39, 0.29) is 0 Å². The van der Waals surface area contributed by atoms with Gasteiger partial charge in [0.1, 0.15) is 0 Å².